The van der Waals surface area contributed by atoms with Gasteiger partial charge in [0.15, 0.2) is 0 Å². The molecule has 1 amide bonds. The molecule has 2 N–H and O–H groups in total. The Morgan fingerprint density at radius 3 is 2.44 bits per heavy atom. The number of hydrogen-bond donors (Lipinski definition) is 2. The summed E-state index contributed by atoms with van der Waals surface area (Å²) in [6.45, 7) is 2.25. The number of amides is 1. The van der Waals surface area contributed by atoms with E-state index in [-0.39, 0.29) is 11.3 Å². The number of para-hydroxylation sites is 1. The van der Waals surface area contributed by atoms with Crippen molar-refractivity contribution in [3.8, 4) is 0 Å². The Kier molecular flexibility index (Phi) is 6.38. The smallest absolute Gasteiger partial charge is 0.352 e. The van der Waals surface area contributed by atoms with Crippen LogP contribution in [0.3, 0.4) is 0 Å². The fraction of sp³-hybridized carbons (Fsp3) is 0.235. The normalized spacial score (nSPS) is 11.9. The zero-order chi connectivity index (χ0) is 20.2. The number of carbonyl (C=O) groups is 1. The SMILES string of the molecule is CCCNC(=O)c1ccccc1NS(=O)(=O)c1ccc(Cl)c(C(F)(F)F)c1. The van der Waals surface area contributed by atoms with E-state index in [1.165, 1.54) is 18.2 Å². The van der Waals surface area contributed by atoms with Crippen molar-refractivity contribution >= 4 is 33.2 Å². The highest BCUT2D eigenvalue weighted by Crippen LogP contribution is 2.36. The Morgan fingerprint density at radius 2 is 1.81 bits per heavy atom. The maximum Gasteiger partial charge on any atom is 0.417 e. The first-order valence-electron chi connectivity index (χ1n) is 7.83. The molecule has 2 rings (SSSR count). The summed E-state index contributed by atoms with van der Waals surface area (Å²) >= 11 is 5.52. The van der Waals surface area contributed by atoms with Crippen LogP contribution in [0.15, 0.2) is 47.4 Å². The third-order valence-corrected chi connectivity index (χ3v) is 5.20. The molecule has 146 valence electrons. The monoisotopic (exact) mass is 420 g/mol. The Morgan fingerprint density at radius 1 is 1.15 bits per heavy atom. The van der Waals surface area contributed by atoms with Crippen LogP contribution < -0.4 is 10.0 Å². The first-order chi connectivity index (χ1) is 12.6. The zero-order valence-electron chi connectivity index (χ0n) is 14.1. The molecule has 5 nitrogen and oxygen atoms in total. The van der Waals surface area contributed by atoms with Crippen LogP contribution in [-0.4, -0.2) is 20.9 Å². The summed E-state index contributed by atoms with van der Waals surface area (Å²) in [5.41, 5.74) is -1.25. The minimum absolute atomic E-state index is 0.0467. The first-order valence-corrected chi connectivity index (χ1v) is 9.69. The highest BCUT2D eigenvalue weighted by Gasteiger charge is 2.34. The van der Waals surface area contributed by atoms with Gasteiger partial charge in [-0.3, -0.25) is 9.52 Å². The van der Waals surface area contributed by atoms with Crippen LogP contribution in [0, 0.1) is 0 Å². The van der Waals surface area contributed by atoms with Crippen LogP contribution >= 0.6 is 11.6 Å². The lowest BCUT2D eigenvalue weighted by atomic mass is 10.1. The number of sulfonamides is 1. The maximum absolute atomic E-state index is 13.0. The van der Waals surface area contributed by atoms with Crippen molar-refractivity contribution in [2.75, 3.05) is 11.3 Å². The van der Waals surface area contributed by atoms with Gasteiger partial charge in [-0.25, -0.2) is 8.42 Å². The summed E-state index contributed by atoms with van der Waals surface area (Å²) in [7, 11) is -4.38. The number of benzene rings is 2. The van der Waals surface area contributed by atoms with Gasteiger partial charge in [0, 0.05) is 6.54 Å². The predicted molar refractivity (Wildman–Crippen MR) is 96.3 cm³/mol. The van der Waals surface area contributed by atoms with E-state index in [4.69, 9.17) is 11.6 Å². The van der Waals surface area contributed by atoms with Crippen LogP contribution in [0.2, 0.25) is 5.02 Å². The minimum atomic E-state index is -4.81. The second-order valence-electron chi connectivity index (χ2n) is 5.55. The number of halogens is 4. The molecular weight excluding hydrogens is 405 g/mol. The Bertz CT molecular complexity index is 947. The molecule has 0 fully saturated rings. The summed E-state index contributed by atoms with van der Waals surface area (Å²) < 4.78 is 66.2. The lowest BCUT2D eigenvalue weighted by molar-refractivity contribution is -0.137. The highest BCUT2D eigenvalue weighted by molar-refractivity contribution is 7.92. The minimum Gasteiger partial charge on any atom is -0.352 e. The van der Waals surface area contributed by atoms with Gasteiger partial charge in [-0.15, -0.1) is 0 Å². The average molecular weight is 421 g/mol. The van der Waals surface area contributed by atoms with Crippen LogP contribution in [-0.2, 0) is 16.2 Å². The molecule has 0 heterocycles. The van der Waals surface area contributed by atoms with Crippen molar-refractivity contribution in [3.63, 3.8) is 0 Å². The zero-order valence-corrected chi connectivity index (χ0v) is 15.7. The quantitative estimate of drug-likeness (QED) is 0.731. The van der Waals surface area contributed by atoms with Crippen molar-refractivity contribution in [2.45, 2.75) is 24.4 Å². The molecule has 0 aliphatic heterocycles. The summed E-state index contributed by atoms with van der Waals surface area (Å²) in [4.78, 5) is 11.5. The molecule has 0 aliphatic carbocycles. The van der Waals surface area contributed by atoms with Crippen molar-refractivity contribution in [1.29, 1.82) is 0 Å². The molecule has 0 radical (unpaired) electrons. The lowest BCUT2D eigenvalue weighted by Gasteiger charge is -2.14. The number of carbonyl (C=O) groups excluding carboxylic acids is 1. The average Bonchev–Trinajstić information content (AvgIpc) is 2.59. The molecule has 0 spiro atoms. The second kappa shape index (κ2) is 8.18. The number of alkyl halides is 3. The maximum atomic E-state index is 13.0. The van der Waals surface area contributed by atoms with Gasteiger partial charge < -0.3 is 5.32 Å². The van der Waals surface area contributed by atoms with Gasteiger partial charge in [0.25, 0.3) is 15.9 Å². The van der Waals surface area contributed by atoms with E-state index >= 15 is 0 Å². The van der Waals surface area contributed by atoms with Crippen LogP contribution in [0.5, 0.6) is 0 Å². The summed E-state index contributed by atoms with van der Waals surface area (Å²) in [6, 6.07) is 8.06. The summed E-state index contributed by atoms with van der Waals surface area (Å²) in [5, 5.41) is 2.00. The molecule has 10 heteroatoms. The Hall–Kier alpha value is -2.26. The summed E-state index contributed by atoms with van der Waals surface area (Å²) in [6.07, 6.45) is -4.12. The molecule has 2 aromatic carbocycles. The highest BCUT2D eigenvalue weighted by atomic mass is 35.5. The molecule has 0 atom stereocenters. The van der Waals surface area contributed by atoms with Crippen molar-refractivity contribution in [3.05, 3.63) is 58.6 Å². The topological polar surface area (TPSA) is 75.3 Å². The number of hydrogen-bond acceptors (Lipinski definition) is 3. The van der Waals surface area contributed by atoms with E-state index in [2.05, 4.69) is 10.0 Å². The fourth-order valence-electron chi connectivity index (χ4n) is 2.20. The molecule has 0 bridgehead atoms. The third kappa shape index (κ3) is 5.14. The number of nitrogens with one attached hydrogen (secondary N) is 2. The molecule has 0 saturated carbocycles. The van der Waals surface area contributed by atoms with E-state index < -0.39 is 37.6 Å². The lowest BCUT2D eigenvalue weighted by Crippen LogP contribution is -2.26. The van der Waals surface area contributed by atoms with E-state index in [0.717, 1.165) is 12.1 Å². The van der Waals surface area contributed by atoms with Gasteiger partial charge in [0.05, 0.1) is 26.7 Å². The van der Waals surface area contributed by atoms with Gasteiger partial charge in [-0.2, -0.15) is 13.2 Å². The predicted octanol–water partition coefficient (Wildman–Crippen LogP) is 4.30. The van der Waals surface area contributed by atoms with Gasteiger partial charge in [-0.05, 0) is 36.8 Å². The van der Waals surface area contributed by atoms with Crippen LogP contribution in [0.1, 0.15) is 29.3 Å². The number of rotatable bonds is 6. The Labute approximate surface area is 159 Å². The molecule has 0 aromatic heterocycles. The van der Waals surface area contributed by atoms with Crippen LogP contribution in [0.4, 0.5) is 18.9 Å². The number of anilines is 1. The van der Waals surface area contributed by atoms with Gasteiger partial charge in [-0.1, -0.05) is 30.7 Å². The second-order valence-corrected chi connectivity index (χ2v) is 7.64. The van der Waals surface area contributed by atoms with E-state index in [1.807, 2.05) is 6.92 Å². The molecular formula is C17H16ClF3N2O3S. The molecule has 0 unspecified atom stereocenters. The molecule has 0 saturated heterocycles. The molecule has 27 heavy (non-hydrogen) atoms. The van der Waals surface area contributed by atoms with Gasteiger partial charge in [0.2, 0.25) is 0 Å². The van der Waals surface area contributed by atoms with Crippen molar-refractivity contribution in [1.82, 2.24) is 5.32 Å². The standard InChI is InChI=1S/C17H16ClF3N2O3S/c1-2-9-22-16(24)12-5-3-4-6-15(12)23-27(25,26)11-7-8-14(18)13(10-11)17(19,20)21/h3-8,10,23H,2,9H2,1H3,(H,22,24). The fourth-order valence-corrected chi connectivity index (χ4v) is 3.53. The van der Waals surface area contributed by atoms with Crippen molar-refractivity contribution < 1.29 is 26.4 Å². The molecule has 0 aliphatic rings. The van der Waals surface area contributed by atoms with Crippen LogP contribution in [0.25, 0.3) is 0 Å². The van der Waals surface area contributed by atoms with Gasteiger partial charge >= 0.3 is 6.18 Å². The first kappa shape index (κ1) is 21.0. The summed E-state index contributed by atoms with van der Waals surface area (Å²) in [5.74, 6) is -0.498. The van der Waals surface area contributed by atoms with Crippen molar-refractivity contribution in [2.24, 2.45) is 0 Å². The van der Waals surface area contributed by atoms with Gasteiger partial charge in [0.1, 0.15) is 0 Å². The van der Waals surface area contributed by atoms with E-state index in [1.54, 1.807) is 6.07 Å². The van der Waals surface area contributed by atoms with E-state index in [0.29, 0.717) is 19.0 Å². The van der Waals surface area contributed by atoms with E-state index in [9.17, 15) is 26.4 Å². The molecule has 2 aromatic rings. The largest absolute Gasteiger partial charge is 0.417 e. The third-order valence-electron chi connectivity index (χ3n) is 3.51. The Balaban J connectivity index is 2.40.